The molecule has 1 amide bonds. The van der Waals surface area contributed by atoms with Crippen LogP contribution in [0, 0.1) is 0 Å². The number of aromatic nitrogens is 1. The minimum absolute atomic E-state index is 0.229. The second kappa shape index (κ2) is 6.72. The summed E-state index contributed by atoms with van der Waals surface area (Å²) in [4.78, 5) is 16.3. The summed E-state index contributed by atoms with van der Waals surface area (Å²) in [6, 6.07) is 6.96. The summed E-state index contributed by atoms with van der Waals surface area (Å²) in [5.41, 5.74) is 1.79. The number of pyridine rings is 1. The maximum Gasteiger partial charge on any atom is 0.257 e. The van der Waals surface area contributed by atoms with Crippen molar-refractivity contribution < 1.29 is 4.79 Å². The number of nitrogens with zero attached hydrogens (tertiary/aromatic N) is 1. The van der Waals surface area contributed by atoms with Crippen LogP contribution in [-0.4, -0.2) is 17.4 Å². The molecule has 1 aromatic carbocycles. The quantitative estimate of drug-likeness (QED) is 0.866. The molecule has 0 aliphatic rings. The Bertz CT molecular complexity index is 634. The number of nitrogens with one attached hydrogen (secondary N) is 2. The lowest BCUT2D eigenvalue weighted by Crippen LogP contribution is -2.15. The Balaban J connectivity index is 2.24. The lowest BCUT2D eigenvalue weighted by atomic mass is 10.2. The third kappa shape index (κ3) is 3.49. The number of carbonyl (C=O) groups is 1. The molecule has 1 aromatic heterocycles. The second-order valence-electron chi connectivity index (χ2n) is 4.03. The summed E-state index contributed by atoms with van der Waals surface area (Å²) in [5.74, 6) is -0.229. The van der Waals surface area contributed by atoms with Gasteiger partial charge in [0, 0.05) is 17.2 Å². The van der Waals surface area contributed by atoms with Crippen LogP contribution < -0.4 is 10.6 Å². The molecule has 4 nitrogen and oxygen atoms in total. The largest absolute Gasteiger partial charge is 0.383 e. The Kier molecular flexibility index (Phi) is 4.98. The van der Waals surface area contributed by atoms with Crippen LogP contribution in [0.3, 0.4) is 0 Å². The molecule has 0 fully saturated rings. The molecule has 0 aliphatic heterocycles. The van der Waals surface area contributed by atoms with Crippen LogP contribution in [0.15, 0.2) is 41.1 Å². The number of benzene rings is 1. The van der Waals surface area contributed by atoms with Gasteiger partial charge in [-0.15, -0.1) is 0 Å². The summed E-state index contributed by atoms with van der Waals surface area (Å²) in [6.45, 7) is 2.67. The SMILES string of the molecule is CCNc1cnccc1C(=O)Nc1ccc(Br)cc1Cl. The monoisotopic (exact) mass is 353 g/mol. The highest BCUT2D eigenvalue weighted by atomic mass is 79.9. The highest BCUT2D eigenvalue weighted by Gasteiger charge is 2.12. The molecule has 0 aliphatic carbocycles. The molecule has 0 radical (unpaired) electrons. The Labute approximate surface area is 130 Å². The van der Waals surface area contributed by atoms with Gasteiger partial charge in [0.05, 0.1) is 28.2 Å². The van der Waals surface area contributed by atoms with Crippen molar-refractivity contribution in [1.29, 1.82) is 0 Å². The van der Waals surface area contributed by atoms with E-state index in [1.807, 2.05) is 13.0 Å². The number of halogens is 2. The third-order valence-electron chi connectivity index (χ3n) is 2.61. The van der Waals surface area contributed by atoms with E-state index >= 15 is 0 Å². The average Bonchev–Trinajstić information content (AvgIpc) is 2.43. The Hall–Kier alpha value is -1.59. The summed E-state index contributed by atoms with van der Waals surface area (Å²) in [6.07, 6.45) is 3.21. The van der Waals surface area contributed by atoms with Gasteiger partial charge in [-0.2, -0.15) is 0 Å². The van der Waals surface area contributed by atoms with Gasteiger partial charge in [0.15, 0.2) is 0 Å². The molecule has 2 rings (SSSR count). The standard InChI is InChI=1S/C14H13BrClN3O/c1-2-18-13-8-17-6-5-10(13)14(20)19-12-4-3-9(15)7-11(12)16/h3-8,18H,2H2,1H3,(H,19,20). The summed E-state index contributed by atoms with van der Waals surface area (Å²) in [7, 11) is 0. The van der Waals surface area contributed by atoms with Crippen molar-refractivity contribution in [2.45, 2.75) is 6.92 Å². The number of carbonyl (C=O) groups excluding carboxylic acids is 1. The van der Waals surface area contributed by atoms with Gasteiger partial charge < -0.3 is 10.6 Å². The van der Waals surface area contributed by atoms with Crippen molar-refractivity contribution in [3.8, 4) is 0 Å². The Morgan fingerprint density at radius 3 is 2.85 bits per heavy atom. The summed E-state index contributed by atoms with van der Waals surface area (Å²) in [5, 5.41) is 6.37. The first-order valence-corrected chi connectivity index (χ1v) is 7.23. The van der Waals surface area contributed by atoms with Crippen LogP contribution in [0.2, 0.25) is 5.02 Å². The molecule has 0 spiro atoms. The van der Waals surface area contributed by atoms with Crippen molar-refractivity contribution in [3.63, 3.8) is 0 Å². The molecule has 6 heteroatoms. The molecular formula is C14H13BrClN3O. The molecule has 104 valence electrons. The summed E-state index contributed by atoms with van der Waals surface area (Å²) < 4.78 is 0.859. The van der Waals surface area contributed by atoms with Gasteiger partial charge in [-0.3, -0.25) is 9.78 Å². The van der Waals surface area contributed by atoms with Crippen molar-refractivity contribution >= 4 is 44.8 Å². The third-order valence-corrected chi connectivity index (χ3v) is 3.42. The van der Waals surface area contributed by atoms with Gasteiger partial charge in [-0.25, -0.2) is 0 Å². The van der Waals surface area contributed by atoms with E-state index < -0.39 is 0 Å². The van der Waals surface area contributed by atoms with Crippen LogP contribution in [0.4, 0.5) is 11.4 Å². The molecule has 0 saturated heterocycles. The lowest BCUT2D eigenvalue weighted by molar-refractivity contribution is 0.102. The van der Waals surface area contributed by atoms with E-state index in [9.17, 15) is 4.79 Å². The van der Waals surface area contributed by atoms with Gasteiger partial charge in [-0.05, 0) is 31.2 Å². The molecule has 0 unspecified atom stereocenters. The number of hydrogen-bond donors (Lipinski definition) is 2. The predicted molar refractivity (Wildman–Crippen MR) is 85.5 cm³/mol. The molecule has 0 bridgehead atoms. The lowest BCUT2D eigenvalue weighted by Gasteiger charge is -2.11. The zero-order valence-corrected chi connectivity index (χ0v) is 13.1. The van der Waals surface area contributed by atoms with Gasteiger partial charge >= 0.3 is 0 Å². The topological polar surface area (TPSA) is 54.0 Å². The van der Waals surface area contributed by atoms with E-state index in [2.05, 4.69) is 31.5 Å². The number of hydrogen-bond acceptors (Lipinski definition) is 3. The first-order valence-electron chi connectivity index (χ1n) is 6.06. The van der Waals surface area contributed by atoms with Crippen LogP contribution in [0.25, 0.3) is 0 Å². The molecule has 0 saturated carbocycles. The smallest absolute Gasteiger partial charge is 0.257 e. The maximum absolute atomic E-state index is 12.3. The normalized spacial score (nSPS) is 10.2. The van der Waals surface area contributed by atoms with Gasteiger partial charge in [0.2, 0.25) is 0 Å². The van der Waals surface area contributed by atoms with Crippen molar-refractivity contribution in [2.24, 2.45) is 0 Å². The van der Waals surface area contributed by atoms with E-state index in [-0.39, 0.29) is 5.91 Å². The van der Waals surface area contributed by atoms with Crippen LogP contribution >= 0.6 is 27.5 Å². The van der Waals surface area contributed by atoms with Crippen molar-refractivity contribution in [2.75, 3.05) is 17.2 Å². The van der Waals surface area contributed by atoms with Crippen LogP contribution in [-0.2, 0) is 0 Å². The zero-order valence-electron chi connectivity index (χ0n) is 10.8. The van der Waals surface area contributed by atoms with Crippen LogP contribution in [0.5, 0.6) is 0 Å². The van der Waals surface area contributed by atoms with Gasteiger partial charge in [-0.1, -0.05) is 27.5 Å². The van der Waals surface area contributed by atoms with Crippen molar-refractivity contribution in [3.05, 3.63) is 51.7 Å². The van der Waals surface area contributed by atoms with Crippen LogP contribution in [0.1, 0.15) is 17.3 Å². The fraction of sp³-hybridized carbons (Fsp3) is 0.143. The number of amides is 1. The number of rotatable bonds is 4. The molecule has 2 N–H and O–H groups in total. The van der Waals surface area contributed by atoms with E-state index in [1.165, 1.54) is 0 Å². The fourth-order valence-electron chi connectivity index (χ4n) is 1.70. The second-order valence-corrected chi connectivity index (χ2v) is 5.35. The highest BCUT2D eigenvalue weighted by Crippen LogP contribution is 2.26. The number of anilines is 2. The maximum atomic E-state index is 12.3. The van der Waals surface area contributed by atoms with E-state index in [1.54, 1.807) is 30.6 Å². The van der Waals surface area contributed by atoms with E-state index in [0.717, 1.165) is 4.47 Å². The zero-order chi connectivity index (χ0) is 14.5. The first-order chi connectivity index (χ1) is 9.61. The molecule has 20 heavy (non-hydrogen) atoms. The highest BCUT2D eigenvalue weighted by molar-refractivity contribution is 9.10. The molecule has 2 aromatic rings. The van der Waals surface area contributed by atoms with Gasteiger partial charge in [0.25, 0.3) is 5.91 Å². The van der Waals surface area contributed by atoms with Crippen molar-refractivity contribution in [1.82, 2.24) is 4.98 Å². The van der Waals surface area contributed by atoms with E-state index in [4.69, 9.17) is 11.6 Å². The molecule has 1 heterocycles. The Morgan fingerprint density at radius 2 is 2.15 bits per heavy atom. The fourth-order valence-corrected chi connectivity index (χ4v) is 2.42. The molecule has 0 atom stereocenters. The molecular weight excluding hydrogens is 342 g/mol. The van der Waals surface area contributed by atoms with Gasteiger partial charge in [0.1, 0.15) is 0 Å². The summed E-state index contributed by atoms with van der Waals surface area (Å²) >= 11 is 9.41. The predicted octanol–water partition coefficient (Wildman–Crippen LogP) is 4.18. The average molecular weight is 355 g/mol. The first kappa shape index (κ1) is 14.8. The minimum atomic E-state index is -0.229. The Morgan fingerprint density at radius 1 is 1.35 bits per heavy atom. The minimum Gasteiger partial charge on any atom is -0.383 e. The van der Waals surface area contributed by atoms with E-state index in [0.29, 0.717) is 28.5 Å².